The molecule has 1 N–H and O–H groups in total. The van der Waals surface area contributed by atoms with Gasteiger partial charge in [0.2, 0.25) is 11.8 Å². The van der Waals surface area contributed by atoms with Crippen LogP contribution < -0.4 is 15.0 Å². The normalized spacial score (nSPS) is 16.6. The molecule has 1 heterocycles. The van der Waals surface area contributed by atoms with Gasteiger partial charge in [-0.25, -0.2) is 4.39 Å². The van der Waals surface area contributed by atoms with Crippen molar-refractivity contribution in [2.45, 2.75) is 19.9 Å². The van der Waals surface area contributed by atoms with Gasteiger partial charge in [-0.15, -0.1) is 0 Å². The Kier molecular flexibility index (Phi) is 5.51. The first-order chi connectivity index (χ1) is 12.6. The zero-order chi connectivity index (χ0) is 18.5. The van der Waals surface area contributed by atoms with E-state index in [0.717, 1.165) is 11.4 Å². The van der Waals surface area contributed by atoms with Crippen molar-refractivity contribution in [1.82, 2.24) is 5.32 Å². The maximum Gasteiger partial charge on any atom is 0.227 e. The molecule has 0 aromatic heterocycles. The molecule has 3 rings (SSSR count). The highest BCUT2D eigenvalue weighted by molar-refractivity contribution is 6.00. The molecule has 1 aliphatic heterocycles. The first-order valence-corrected chi connectivity index (χ1v) is 8.63. The number of rotatable bonds is 6. The van der Waals surface area contributed by atoms with E-state index in [1.165, 1.54) is 6.07 Å². The molecule has 1 atom stereocenters. The van der Waals surface area contributed by atoms with Crippen molar-refractivity contribution < 1.29 is 18.7 Å². The van der Waals surface area contributed by atoms with Crippen molar-refractivity contribution in [3.05, 3.63) is 59.9 Å². The van der Waals surface area contributed by atoms with Gasteiger partial charge in [0.1, 0.15) is 11.6 Å². The van der Waals surface area contributed by atoms with Gasteiger partial charge in [0.25, 0.3) is 0 Å². The number of hydrogen-bond acceptors (Lipinski definition) is 3. The lowest BCUT2D eigenvalue weighted by Crippen LogP contribution is -2.32. The summed E-state index contributed by atoms with van der Waals surface area (Å²) in [5, 5.41) is 2.72. The Morgan fingerprint density at radius 1 is 1.23 bits per heavy atom. The Balaban J connectivity index is 1.60. The molecule has 0 spiro atoms. The van der Waals surface area contributed by atoms with E-state index in [1.807, 2.05) is 19.1 Å². The number of carbonyl (C=O) groups is 2. The Labute approximate surface area is 151 Å². The van der Waals surface area contributed by atoms with Crippen LogP contribution in [-0.4, -0.2) is 25.0 Å². The standard InChI is InChI=1S/C20H21FN2O3/c1-2-26-17-9-7-16(8-10-17)23-13-15(11-19(23)24)20(25)22-12-14-5-3-4-6-18(14)21/h3-10,15H,2,11-13H2,1H3,(H,22,25)/t15-/m0/s1. The quantitative estimate of drug-likeness (QED) is 0.866. The number of ether oxygens (including phenoxy) is 1. The fourth-order valence-corrected chi connectivity index (χ4v) is 2.99. The molecule has 0 radical (unpaired) electrons. The number of nitrogens with one attached hydrogen (secondary N) is 1. The Morgan fingerprint density at radius 2 is 1.96 bits per heavy atom. The van der Waals surface area contributed by atoms with Crippen LogP contribution in [0.2, 0.25) is 0 Å². The fraction of sp³-hybridized carbons (Fsp3) is 0.300. The lowest BCUT2D eigenvalue weighted by atomic mass is 10.1. The van der Waals surface area contributed by atoms with Crippen LogP contribution in [0.1, 0.15) is 18.9 Å². The number of halogens is 1. The number of carbonyl (C=O) groups excluding carboxylic acids is 2. The molecule has 1 aliphatic rings. The zero-order valence-corrected chi connectivity index (χ0v) is 14.6. The summed E-state index contributed by atoms with van der Waals surface area (Å²) < 4.78 is 19.0. The molecule has 0 unspecified atom stereocenters. The molecule has 1 saturated heterocycles. The van der Waals surface area contributed by atoms with E-state index < -0.39 is 5.92 Å². The summed E-state index contributed by atoms with van der Waals surface area (Å²) in [5.41, 5.74) is 1.16. The first kappa shape index (κ1) is 17.9. The third-order valence-electron chi connectivity index (χ3n) is 4.37. The SMILES string of the molecule is CCOc1ccc(N2C[C@@H](C(=O)NCc3ccccc3F)CC2=O)cc1. The molecule has 5 nitrogen and oxygen atoms in total. The highest BCUT2D eigenvalue weighted by atomic mass is 19.1. The minimum absolute atomic E-state index is 0.0970. The third-order valence-corrected chi connectivity index (χ3v) is 4.37. The van der Waals surface area contributed by atoms with Crippen LogP contribution in [-0.2, 0) is 16.1 Å². The minimum Gasteiger partial charge on any atom is -0.494 e. The maximum absolute atomic E-state index is 13.6. The van der Waals surface area contributed by atoms with Gasteiger partial charge < -0.3 is 15.0 Å². The second-order valence-corrected chi connectivity index (χ2v) is 6.14. The molecule has 2 aromatic carbocycles. The monoisotopic (exact) mass is 356 g/mol. The number of anilines is 1. The largest absolute Gasteiger partial charge is 0.494 e. The van der Waals surface area contributed by atoms with Gasteiger partial charge in [-0.1, -0.05) is 18.2 Å². The van der Waals surface area contributed by atoms with E-state index in [9.17, 15) is 14.0 Å². The van der Waals surface area contributed by atoms with Crippen molar-refractivity contribution >= 4 is 17.5 Å². The highest BCUT2D eigenvalue weighted by Gasteiger charge is 2.35. The molecule has 0 aliphatic carbocycles. The molecule has 0 saturated carbocycles. The average Bonchev–Trinajstić information content (AvgIpc) is 3.03. The van der Waals surface area contributed by atoms with Crippen LogP contribution >= 0.6 is 0 Å². The topological polar surface area (TPSA) is 58.6 Å². The molecule has 26 heavy (non-hydrogen) atoms. The molecule has 2 amide bonds. The summed E-state index contributed by atoms with van der Waals surface area (Å²) in [6, 6.07) is 13.5. The second-order valence-electron chi connectivity index (χ2n) is 6.14. The van der Waals surface area contributed by atoms with Crippen molar-refractivity contribution in [1.29, 1.82) is 0 Å². The molecular weight excluding hydrogens is 335 g/mol. The van der Waals surface area contributed by atoms with E-state index in [4.69, 9.17) is 4.74 Å². The van der Waals surface area contributed by atoms with Crippen LogP contribution in [0.5, 0.6) is 5.75 Å². The van der Waals surface area contributed by atoms with E-state index in [0.29, 0.717) is 18.7 Å². The minimum atomic E-state index is -0.444. The van der Waals surface area contributed by atoms with Crippen molar-refractivity contribution in [2.75, 3.05) is 18.1 Å². The zero-order valence-electron chi connectivity index (χ0n) is 14.6. The molecule has 1 fully saturated rings. The van der Waals surface area contributed by atoms with Crippen LogP contribution in [0.3, 0.4) is 0 Å². The van der Waals surface area contributed by atoms with Gasteiger partial charge in [0.05, 0.1) is 12.5 Å². The average molecular weight is 356 g/mol. The van der Waals surface area contributed by atoms with Crippen LogP contribution in [0, 0.1) is 11.7 Å². The summed E-state index contributed by atoms with van der Waals surface area (Å²) in [7, 11) is 0. The summed E-state index contributed by atoms with van der Waals surface area (Å²) in [4.78, 5) is 26.2. The Hall–Kier alpha value is -2.89. The second kappa shape index (κ2) is 7.99. The number of benzene rings is 2. The Bertz CT molecular complexity index is 792. The van der Waals surface area contributed by atoms with Gasteiger partial charge in [0, 0.05) is 30.8 Å². The van der Waals surface area contributed by atoms with Gasteiger partial charge in [0.15, 0.2) is 0 Å². The third kappa shape index (κ3) is 4.02. The number of nitrogens with zero attached hydrogens (tertiary/aromatic N) is 1. The lowest BCUT2D eigenvalue weighted by molar-refractivity contribution is -0.126. The molecular formula is C20H21FN2O3. The maximum atomic E-state index is 13.6. The summed E-state index contributed by atoms with van der Waals surface area (Å²) in [6.07, 6.45) is 0.149. The van der Waals surface area contributed by atoms with Crippen molar-refractivity contribution in [2.24, 2.45) is 5.92 Å². The number of amides is 2. The van der Waals surface area contributed by atoms with E-state index in [2.05, 4.69) is 5.32 Å². The van der Waals surface area contributed by atoms with Gasteiger partial charge in [-0.05, 0) is 37.3 Å². The predicted molar refractivity (Wildman–Crippen MR) is 96.3 cm³/mol. The van der Waals surface area contributed by atoms with Crippen LogP contribution in [0.4, 0.5) is 10.1 Å². The summed E-state index contributed by atoms with van der Waals surface area (Å²) >= 11 is 0. The highest BCUT2D eigenvalue weighted by Crippen LogP contribution is 2.27. The lowest BCUT2D eigenvalue weighted by Gasteiger charge is -2.17. The van der Waals surface area contributed by atoms with E-state index >= 15 is 0 Å². The Morgan fingerprint density at radius 3 is 2.65 bits per heavy atom. The van der Waals surface area contributed by atoms with E-state index in [-0.39, 0.29) is 30.6 Å². The van der Waals surface area contributed by atoms with Gasteiger partial charge in [-0.3, -0.25) is 9.59 Å². The number of hydrogen-bond donors (Lipinski definition) is 1. The van der Waals surface area contributed by atoms with Crippen LogP contribution in [0.15, 0.2) is 48.5 Å². The first-order valence-electron chi connectivity index (χ1n) is 8.63. The smallest absolute Gasteiger partial charge is 0.227 e. The van der Waals surface area contributed by atoms with E-state index in [1.54, 1.807) is 35.2 Å². The summed E-state index contributed by atoms with van der Waals surface area (Å²) in [6.45, 7) is 2.91. The van der Waals surface area contributed by atoms with Gasteiger partial charge in [-0.2, -0.15) is 0 Å². The molecule has 6 heteroatoms. The molecule has 0 bridgehead atoms. The predicted octanol–water partition coefficient (Wildman–Crippen LogP) is 2.89. The fourth-order valence-electron chi connectivity index (χ4n) is 2.99. The summed E-state index contributed by atoms with van der Waals surface area (Å²) in [5.74, 6) is -0.399. The van der Waals surface area contributed by atoms with Crippen molar-refractivity contribution in [3.63, 3.8) is 0 Å². The van der Waals surface area contributed by atoms with Gasteiger partial charge >= 0.3 is 0 Å². The molecule has 136 valence electrons. The van der Waals surface area contributed by atoms with Crippen LogP contribution in [0.25, 0.3) is 0 Å². The molecule has 2 aromatic rings. The van der Waals surface area contributed by atoms with Crippen molar-refractivity contribution in [3.8, 4) is 5.75 Å².